The molecule has 0 fully saturated rings. The molecule has 3 aromatic rings. The first-order valence-corrected chi connectivity index (χ1v) is 7.33. The van der Waals surface area contributed by atoms with Crippen LogP contribution in [0, 0.1) is 0 Å². The number of fused-ring (bicyclic) bond motifs is 1. The summed E-state index contributed by atoms with van der Waals surface area (Å²) in [4.78, 5) is 0.915. The first-order chi connectivity index (χ1) is 9.24. The number of aliphatic hydroxyl groups excluding tert-OH is 1. The zero-order valence-electron chi connectivity index (χ0n) is 10.2. The van der Waals surface area contributed by atoms with Crippen LogP contribution in [0.4, 0.5) is 0 Å². The highest BCUT2D eigenvalue weighted by atomic mass is 35.5. The Balaban J connectivity index is 1.93. The van der Waals surface area contributed by atoms with E-state index in [1.54, 1.807) is 0 Å². The molecule has 19 heavy (non-hydrogen) atoms. The normalized spacial score (nSPS) is 12.7. The van der Waals surface area contributed by atoms with E-state index in [4.69, 9.17) is 11.6 Å². The number of benzene rings is 2. The topological polar surface area (TPSA) is 20.2 Å². The van der Waals surface area contributed by atoms with Gasteiger partial charge in [-0.15, -0.1) is 11.3 Å². The summed E-state index contributed by atoms with van der Waals surface area (Å²) in [6, 6.07) is 18.2. The van der Waals surface area contributed by atoms with Crippen molar-refractivity contribution < 1.29 is 5.11 Å². The maximum atomic E-state index is 10.3. The third kappa shape index (κ3) is 2.66. The van der Waals surface area contributed by atoms with Crippen LogP contribution >= 0.6 is 22.9 Å². The molecule has 0 saturated carbocycles. The van der Waals surface area contributed by atoms with Crippen molar-refractivity contribution >= 4 is 33.7 Å². The number of hydrogen-bond acceptors (Lipinski definition) is 2. The van der Waals surface area contributed by atoms with Crippen molar-refractivity contribution in [3.63, 3.8) is 0 Å². The van der Waals surface area contributed by atoms with Crippen LogP contribution in [0.5, 0.6) is 0 Å². The summed E-state index contributed by atoms with van der Waals surface area (Å²) < 4.78 is 0.715. The van der Waals surface area contributed by atoms with Crippen LogP contribution in [0.25, 0.3) is 10.8 Å². The lowest BCUT2D eigenvalue weighted by Crippen LogP contribution is -2.00. The molecule has 3 rings (SSSR count). The van der Waals surface area contributed by atoms with Gasteiger partial charge in [0.05, 0.1) is 10.4 Å². The predicted molar refractivity (Wildman–Crippen MR) is 81.9 cm³/mol. The monoisotopic (exact) mass is 288 g/mol. The van der Waals surface area contributed by atoms with Crippen LogP contribution in [0.15, 0.2) is 54.6 Å². The Morgan fingerprint density at radius 1 is 1.00 bits per heavy atom. The van der Waals surface area contributed by atoms with Crippen molar-refractivity contribution in [1.29, 1.82) is 0 Å². The molecule has 1 heterocycles. The molecule has 2 aromatic carbocycles. The first-order valence-electron chi connectivity index (χ1n) is 6.14. The molecule has 0 saturated heterocycles. The van der Waals surface area contributed by atoms with Gasteiger partial charge in [0.1, 0.15) is 0 Å². The third-order valence-corrected chi connectivity index (χ3v) is 4.55. The summed E-state index contributed by atoms with van der Waals surface area (Å²) in [6.45, 7) is 0. The maximum absolute atomic E-state index is 10.3. The molecular weight excluding hydrogens is 276 g/mol. The third-order valence-electron chi connectivity index (χ3n) is 3.22. The smallest absolute Gasteiger partial charge is 0.0932 e. The Bertz CT molecular complexity index is 699. The fraction of sp³-hybridized carbons (Fsp3) is 0.125. The number of thiophene rings is 1. The molecule has 0 spiro atoms. The van der Waals surface area contributed by atoms with Crippen molar-refractivity contribution in [3.8, 4) is 0 Å². The van der Waals surface area contributed by atoms with Crippen LogP contribution in [0.3, 0.4) is 0 Å². The zero-order chi connectivity index (χ0) is 13.2. The van der Waals surface area contributed by atoms with E-state index in [2.05, 4.69) is 24.3 Å². The van der Waals surface area contributed by atoms with Gasteiger partial charge in [-0.05, 0) is 28.5 Å². The number of rotatable bonds is 3. The largest absolute Gasteiger partial charge is 0.387 e. The van der Waals surface area contributed by atoms with E-state index in [1.807, 2.05) is 30.3 Å². The van der Waals surface area contributed by atoms with E-state index in [0.717, 1.165) is 10.4 Å². The first kappa shape index (κ1) is 12.7. The van der Waals surface area contributed by atoms with E-state index < -0.39 is 6.10 Å². The van der Waals surface area contributed by atoms with E-state index in [-0.39, 0.29) is 0 Å². The lowest BCUT2D eigenvalue weighted by atomic mass is 9.99. The summed E-state index contributed by atoms with van der Waals surface area (Å²) in [5, 5.41) is 12.7. The Morgan fingerprint density at radius 2 is 1.79 bits per heavy atom. The van der Waals surface area contributed by atoms with Crippen LogP contribution in [0.2, 0.25) is 4.34 Å². The van der Waals surface area contributed by atoms with E-state index in [1.165, 1.54) is 22.1 Å². The fourth-order valence-electron chi connectivity index (χ4n) is 2.29. The molecule has 96 valence electrons. The highest BCUT2D eigenvalue weighted by Gasteiger charge is 2.12. The minimum atomic E-state index is -0.497. The van der Waals surface area contributed by atoms with Gasteiger partial charge in [0.2, 0.25) is 0 Å². The average molecular weight is 289 g/mol. The number of aliphatic hydroxyl groups is 1. The van der Waals surface area contributed by atoms with Gasteiger partial charge in [-0.3, -0.25) is 0 Å². The van der Waals surface area contributed by atoms with Gasteiger partial charge in [-0.1, -0.05) is 54.1 Å². The Kier molecular flexibility index (Phi) is 3.56. The minimum absolute atomic E-state index is 0.497. The molecule has 0 bridgehead atoms. The molecule has 0 aliphatic rings. The SMILES string of the molecule is OC(Cc1cccc2ccccc12)c1ccc(Cl)s1. The highest BCUT2D eigenvalue weighted by molar-refractivity contribution is 7.16. The van der Waals surface area contributed by atoms with Gasteiger partial charge in [-0.2, -0.15) is 0 Å². The molecule has 1 aromatic heterocycles. The molecule has 0 aliphatic carbocycles. The summed E-state index contributed by atoms with van der Waals surface area (Å²) in [7, 11) is 0. The molecule has 1 nitrogen and oxygen atoms in total. The lowest BCUT2D eigenvalue weighted by Gasteiger charge is -2.11. The molecule has 1 unspecified atom stereocenters. The van der Waals surface area contributed by atoms with Crippen LogP contribution in [0.1, 0.15) is 16.5 Å². The second-order valence-corrected chi connectivity index (χ2v) is 6.25. The predicted octanol–water partition coefficient (Wildman–Crippen LogP) is 4.83. The van der Waals surface area contributed by atoms with Gasteiger partial charge < -0.3 is 5.11 Å². The lowest BCUT2D eigenvalue weighted by molar-refractivity contribution is 0.182. The van der Waals surface area contributed by atoms with Gasteiger partial charge >= 0.3 is 0 Å². The maximum Gasteiger partial charge on any atom is 0.0932 e. The van der Waals surface area contributed by atoms with Crippen molar-refractivity contribution in [2.24, 2.45) is 0 Å². The summed E-state index contributed by atoms with van der Waals surface area (Å²) in [6.07, 6.45) is 0.112. The van der Waals surface area contributed by atoms with Crippen molar-refractivity contribution in [1.82, 2.24) is 0 Å². The van der Waals surface area contributed by atoms with E-state index >= 15 is 0 Å². The van der Waals surface area contributed by atoms with Crippen molar-refractivity contribution in [3.05, 3.63) is 69.4 Å². The number of hydrogen-bond donors (Lipinski definition) is 1. The molecule has 0 radical (unpaired) electrons. The van der Waals surface area contributed by atoms with E-state index in [0.29, 0.717) is 10.8 Å². The summed E-state index contributed by atoms with van der Waals surface area (Å²) >= 11 is 7.35. The average Bonchev–Trinajstić information content (AvgIpc) is 2.86. The quantitative estimate of drug-likeness (QED) is 0.732. The van der Waals surface area contributed by atoms with Crippen LogP contribution < -0.4 is 0 Å². The van der Waals surface area contributed by atoms with Crippen molar-refractivity contribution in [2.45, 2.75) is 12.5 Å². The minimum Gasteiger partial charge on any atom is -0.387 e. The molecule has 1 N–H and O–H groups in total. The van der Waals surface area contributed by atoms with Gasteiger partial charge in [-0.25, -0.2) is 0 Å². The Morgan fingerprint density at radius 3 is 2.58 bits per heavy atom. The summed E-state index contributed by atoms with van der Waals surface area (Å²) in [5.74, 6) is 0. The molecule has 1 atom stereocenters. The van der Waals surface area contributed by atoms with E-state index in [9.17, 15) is 5.11 Å². The second kappa shape index (κ2) is 5.33. The summed E-state index contributed by atoms with van der Waals surface area (Å²) in [5.41, 5.74) is 1.16. The molecule has 0 amide bonds. The van der Waals surface area contributed by atoms with Crippen LogP contribution in [-0.4, -0.2) is 5.11 Å². The standard InChI is InChI=1S/C16H13ClOS/c17-16-9-8-15(19-16)14(18)10-12-6-3-5-11-4-1-2-7-13(11)12/h1-9,14,18H,10H2. The van der Waals surface area contributed by atoms with Gasteiger partial charge in [0.25, 0.3) is 0 Å². The van der Waals surface area contributed by atoms with Crippen molar-refractivity contribution in [2.75, 3.05) is 0 Å². The molecular formula is C16H13ClOS. The highest BCUT2D eigenvalue weighted by Crippen LogP contribution is 2.30. The zero-order valence-corrected chi connectivity index (χ0v) is 11.8. The molecule has 3 heteroatoms. The second-order valence-electron chi connectivity index (χ2n) is 4.50. The van der Waals surface area contributed by atoms with Gasteiger partial charge in [0, 0.05) is 11.3 Å². The van der Waals surface area contributed by atoms with Crippen LogP contribution in [-0.2, 0) is 6.42 Å². The fourth-order valence-corrected chi connectivity index (χ4v) is 3.33. The van der Waals surface area contributed by atoms with Gasteiger partial charge in [0.15, 0.2) is 0 Å². The molecule has 0 aliphatic heterocycles. The Hall–Kier alpha value is -1.35. The number of halogens is 1. The Labute approximate surface area is 121 Å².